The van der Waals surface area contributed by atoms with E-state index >= 15 is 0 Å². The van der Waals surface area contributed by atoms with E-state index in [1.54, 1.807) is 7.11 Å². The Morgan fingerprint density at radius 3 is 2.32 bits per heavy atom. The Bertz CT molecular complexity index is 629. The Morgan fingerprint density at radius 1 is 1.00 bits per heavy atom. The van der Waals surface area contributed by atoms with Crippen LogP contribution < -0.4 is 15.0 Å². The summed E-state index contributed by atoms with van der Waals surface area (Å²) < 4.78 is 5.18. The minimum Gasteiger partial charge on any atom is -0.497 e. The van der Waals surface area contributed by atoms with Crippen LogP contribution in [0.2, 0.25) is 0 Å². The zero-order valence-electron chi connectivity index (χ0n) is 12.7. The Labute approximate surface area is 130 Å². The van der Waals surface area contributed by atoms with Crippen molar-refractivity contribution in [2.45, 2.75) is 0 Å². The van der Waals surface area contributed by atoms with Crippen LogP contribution >= 0.6 is 0 Å². The van der Waals surface area contributed by atoms with Gasteiger partial charge in [-0.15, -0.1) is 10.2 Å². The monoisotopic (exact) mass is 296 g/mol. The first-order valence-electron chi connectivity index (χ1n) is 7.77. The van der Waals surface area contributed by atoms with Crippen LogP contribution in [0.15, 0.2) is 36.4 Å². The number of hydrogen-bond donors (Lipinski definition) is 1. The summed E-state index contributed by atoms with van der Waals surface area (Å²) in [6, 6.07) is 12.0. The minimum absolute atomic E-state index is 0.767. The third-order valence-electron chi connectivity index (χ3n) is 4.75. The molecule has 2 atom stereocenters. The Hall–Kier alpha value is -2.14. The number of rotatable bonds is 3. The number of hydrogen-bond acceptors (Lipinski definition) is 5. The second kappa shape index (κ2) is 5.57. The highest BCUT2D eigenvalue weighted by atomic mass is 16.5. The number of benzene rings is 1. The van der Waals surface area contributed by atoms with E-state index in [0.29, 0.717) is 0 Å². The highest BCUT2D eigenvalue weighted by Gasteiger charge is 2.36. The standard InChI is InChI=1S/C17H20N4O/c1-22-15-4-2-12(3-5-15)16-6-7-17(20-19-16)21-10-13-8-18-9-14(13)11-21/h2-7,13-14,18H,8-11H2,1H3/t13-,14+. The summed E-state index contributed by atoms with van der Waals surface area (Å²) in [5, 5.41) is 12.3. The van der Waals surface area contributed by atoms with Gasteiger partial charge in [-0.25, -0.2) is 0 Å². The fourth-order valence-electron chi connectivity index (χ4n) is 3.45. The van der Waals surface area contributed by atoms with Crippen molar-refractivity contribution < 1.29 is 4.74 Å². The van der Waals surface area contributed by atoms with Gasteiger partial charge >= 0.3 is 0 Å². The molecule has 0 radical (unpaired) electrons. The van der Waals surface area contributed by atoms with Crippen LogP contribution in [0.1, 0.15) is 0 Å². The molecular formula is C17H20N4O. The van der Waals surface area contributed by atoms with Crippen molar-refractivity contribution >= 4 is 5.82 Å². The number of fused-ring (bicyclic) bond motifs is 1. The van der Waals surface area contributed by atoms with Crippen LogP contribution in [0, 0.1) is 11.8 Å². The summed E-state index contributed by atoms with van der Waals surface area (Å²) >= 11 is 0. The molecule has 0 unspecified atom stereocenters. The van der Waals surface area contributed by atoms with E-state index in [2.05, 4.69) is 32.5 Å². The average molecular weight is 296 g/mol. The first kappa shape index (κ1) is 13.5. The molecule has 2 aliphatic rings. The van der Waals surface area contributed by atoms with Crippen LogP contribution in [-0.2, 0) is 0 Å². The third-order valence-corrected chi connectivity index (χ3v) is 4.75. The number of anilines is 1. The van der Waals surface area contributed by atoms with Crippen molar-refractivity contribution in [1.29, 1.82) is 0 Å². The van der Waals surface area contributed by atoms with E-state index in [4.69, 9.17) is 4.74 Å². The molecule has 0 spiro atoms. The third kappa shape index (κ3) is 2.41. The van der Waals surface area contributed by atoms with E-state index in [0.717, 1.165) is 60.8 Å². The largest absolute Gasteiger partial charge is 0.497 e. The number of methoxy groups -OCH3 is 1. The highest BCUT2D eigenvalue weighted by Crippen LogP contribution is 2.29. The Morgan fingerprint density at radius 2 is 1.73 bits per heavy atom. The lowest BCUT2D eigenvalue weighted by atomic mass is 10.0. The molecule has 114 valence electrons. The molecule has 2 saturated heterocycles. The van der Waals surface area contributed by atoms with Gasteiger partial charge in [0.15, 0.2) is 5.82 Å². The van der Waals surface area contributed by atoms with Gasteiger partial charge in [0.1, 0.15) is 5.75 Å². The molecular weight excluding hydrogens is 276 g/mol. The number of nitrogens with one attached hydrogen (secondary N) is 1. The zero-order chi connectivity index (χ0) is 14.9. The second-order valence-corrected chi connectivity index (χ2v) is 6.09. The van der Waals surface area contributed by atoms with Gasteiger partial charge in [0.05, 0.1) is 12.8 Å². The highest BCUT2D eigenvalue weighted by molar-refractivity contribution is 5.60. The molecule has 2 aliphatic heterocycles. The molecule has 0 bridgehead atoms. The summed E-state index contributed by atoms with van der Waals surface area (Å²) in [6.07, 6.45) is 0. The topological polar surface area (TPSA) is 50.3 Å². The van der Waals surface area contributed by atoms with Crippen LogP contribution in [0.25, 0.3) is 11.3 Å². The molecule has 4 rings (SSSR count). The molecule has 22 heavy (non-hydrogen) atoms. The van der Waals surface area contributed by atoms with E-state index in [-0.39, 0.29) is 0 Å². The molecule has 0 saturated carbocycles. The maximum absolute atomic E-state index is 5.18. The smallest absolute Gasteiger partial charge is 0.151 e. The molecule has 1 N–H and O–H groups in total. The van der Waals surface area contributed by atoms with Crippen LogP contribution in [0.3, 0.4) is 0 Å². The van der Waals surface area contributed by atoms with Crippen molar-refractivity contribution in [3.05, 3.63) is 36.4 Å². The van der Waals surface area contributed by atoms with E-state index < -0.39 is 0 Å². The molecule has 1 aromatic heterocycles. The lowest BCUT2D eigenvalue weighted by Crippen LogP contribution is -2.26. The molecule has 2 aromatic rings. The lowest BCUT2D eigenvalue weighted by molar-refractivity contribution is 0.415. The molecule has 3 heterocycles. The maximum Gasteiger partial charge on any atom is 0.151 e. The van der Waals surface area contributed by atoms with Gasteiger partial charge in [0.25, 0.3) is 0 Å². The number of aromatic nitrogens is 2. The van der Waals surface area contributed by atoms with Gasteiger partial charge in [-0.2, -0.15) is 0 Å². The second-order valence-electron chi connectivity index (χ2n) is 6.09. The van der Waals surface area contributed by atoms with Gasteiger partial charge in [-0.05, 0) is 48.2 Å². The molecule has 5 heteroatoms. The van der Waals surface area contributed by atoms with Gasteiger partial charge in [0, 0.05) is 31.7 Å². The molecule has 5 nitrogen and oxygen atoms in total. The zero-order valence-corrected chi connectivity index (χ0v) is 12.7. The van der Waals surface area contributed by atoms with Crippen LogP contribution in [0.5, 0.6) is 5.75 Å². The normalized spacial score (nSPS) is 23.6. The summed E-state index contributed by atoms with van der Waals surface area (Å²) in [5.41, 5.74) is 1.95. The van der Waals surface area contributed by atoms with Crippen molar-refractivity contribution in [3.8, 4) is 17.0 Å². The average Bonchev–Trinajstić information content (AvgIpc) is 3.17. The lowest BCUT2D eigenvalue weighted by Gasteiger charge is -2.17. The van der Waals surface area contributed by atoms with Gasteiger partial charge < -0.3 is 15.0 Å². The van der Waals surface area contributed by atoms with Crippen molar-refractivity contribution in [2.75, 3.05) is 38.2 Å². The first-order valence-corrected chi connectivity index (χ1v) is 7.77. The first-order chi connectivity index (χ1) is 10.8. The van der Waals surface area contributed by atoms with E-state index in [1.165, 1.54) is 0 Å². The molecule has 1 aromatic carbocycles. The predicted octanol–water partition coefficient (Wildman–Crippen LogP) is 1.81. The molecule has 2 fully saturated rings. The minimum atomic E-state index is 0.767. The van der Waals surface area contributed by atoms with Gasteiger partial charge in [-0.3, -0.25) is 0 Å². The van der Waals surface area contributed by atoms with Crippen LogP contribution in [-0.4, -0.2) is 43.5 Å². The maximum atomic E-state index is 5.18. The quantitative estimate of drug-likeness (QED) is 0.936. The van der Waals surface area contributed by atoms with Gasteiger partial charge in [-0.1, -0.05) is 0 Å². The van der Waals surface area contributed by atoms with Gasteiger partial charge in [0.2, 0.25) is 0 Å². The number of ether oxygens (including phenoxy) is 1. The van der Waals surface area contributed by atoms with Crippen molar-refractivity contribution in [2.24, 2.45) is 11.8 Å². The van der Waals surface area contributed by atoms with Crippen molar-refractivity contribution in [3.63, 3.8) is 0 Å². The summed E-state index contributed by atoms with van der Waals surface area (Å²) in [4.78, 5) is 2.36. The molecule has 0 aliphatic carbocycles. The van der Waals surface area contributed by atoms with E-state index in [9.17, 15) is 0 Å². The van der Waals surface area contributed by atoms with Crippen LogP contribution in [0.4, 0.5) is 5.82 Å². The fourth-order valence-corrected chi connectivity index (χ4v) is 3.45. The van der Waals surface area contributed by atoms with Crippen molar-refractivity contribution in [1.82, 2.24) is 15.5 Å². The van der Waals surface area contributed by atoms with E-state index in [1.807, 2.05) is 24.3 Å². The summed E-state index contributed by atoms with van der Waals surface area (Å²) in [6.45, 7) is 4.46. The molecule has 0 amide bonds. The summed E-state index contributed by atoms with van der Waals surface area (Å²) in [7, 11) is 1.67. The predicted molar refractivity (Wildman–Crippen MR) is 86.1 cm³/mol. The number of nitrogens with zero attached hydrogens (tertiary/aromatic N) is 3. The fraction of sp³-hybridized carbons (Fsp3) is 0.412. The Kier molecular flexibility index (Phi) is 3.42. The Balaban J connectivity index is 1.50. The SMILES string of the molecule is COc1ccc(-c2ccc(N3C[C@H]4CNC[C@H]4C3)nn2)cc1. The summed E-state index contributed by atoms with van der Waals surface area (Å²) in [5.74, 6) is 3.38.